The zero-order valence-electron chi connectivity index (χ0n) is 15.2. The lowest BCUT2D eigenvalue weighted by atomic mass is 10.2. The molecule has 0 spiro atoms. The third-order valence-corrected chi connectivity index (χ3v) is 5.18. The number of benzene rings is 1. The molecule has 0 saturated heterocycles. The summed E-state index contributed by atoms with van der Waals surface area (Å²) in [7, 11) is 2.02. The van der Waals surface area contributed by atoms with Crippen molar-refractivity contribution in [2.45, 2.75) is 13.5 Å². The van der Waals surface area contributed by atoms with Gasteiger partial charge in [-0.1, -0.05) is 29.0 Å². The van der Waals surface area contributed by atoms with Gasteiger partial charge in [0.25, 0.3) is 0 Å². The fourth-order valence-corrected chi connectivity index (χ4v) is 3.57. The summed E-state index contributed by atoms with van der Waals surface area (Å²) < 4.78 is 0. The Balaban J connectivity index is 1.60. The van der Waals surface area contributed by atoms with Crippen LogP contribution in [0.4, 0.5) is 22.5 Å². The summed E-state index contributed by atoms with van der Waals surface area (Å²) in [6.07, 6.45) is 1.74. The summed E-state index contributed by atoms with van der Waals surface area (Å²) in [5.41, 5.74) is 9.91. The minimum absolute atomic E-state index is 0.479. The number of hydrogen-bond donors (Lipinski definition) is 2. The zero-order chi connectivity index (χ0) is 18.8. The number of nitrogens with two attached hydrogens (primary N) is 1. The van der Waals surface area contributed by atoms with Crippen LogP contribution in [0.25, 0.3) is 10.3 Å². The van der Waals surface area contributed by atoms with Gasteiger partial charge in [0.1, 0.15) is 22.0 Å². The highest BCUT2D eigenvalue weighted by atomic mass is 32.1. The summed E-state index contributed by atoms with van der Waals surface area (Å²) in [6.45, 7) is 2.56. The molecule has 0 saturated carbocycles. The van der Waals surface area contributed by atoms with E-state index >= 15 is 0 Å². The van der Waals surface area contributed by atoms with Crippen LogP contribution in [0.5, 0.6) is 0 Å². The molecule has 0 unspecified atom stereocenters. The van der Waals surface area contributed by atoms with Crippen molar-refractivity contribution in [3.05, 3.63) is 65.9 Å². The van der Waals surface area contributed by atoms with Crippen molar-refractivity contribution in [3.63, 3.8) is 0 Å². The lowest BCUT2D eigenvalue weighted by molar-refractivity contribution is 1.06. The first-order valence-corrected chi connectivity index (χ1v) is 9.44. The average Bonchev–Trinajstić information content (AvgIpc) is 3.09. The highest BCUT2D eigenvalue weighted by Crippen LogP contribution is 2.30. The largest absolute Gasteiger partial charge is 0.329 e. The number of aryl methyl sites for hydroxylation is 1. The number of nitrogens with one attached hydrogen (secondary N) is 1. The van der Waals surface area contributed by atoms with Crippen LogP contribution >= 0.6 is 11.3 Å². The van der Waals surface area contributed by atoms with Gasteiger partial charge in [-0.3, -0.25) is 0 Å². The number of nitrogens with zero attached hydrogens (tertiary/aromatic N) is 4. The number of thiazole rings is 1. The summed E-state index contributed by atoms with van der Waals surface area (Å²) in [5.74, 6) is 1.61. The number of pyridine rings is 2. The summed E-state index contributed by atoms with van der Waals surface area (Å²) in [4.78, 5) is 16.6. The minimum atomic E-state index is 0.479. The predicted octanol–water partition coefficient (Wildman–Crippen LogP) is 4.36. The summed E-state index contributed by atoms with van der Waals surface area (Å²) in [5, 5.41) is 4.00. The highest BCUT2D eigenvalue weighted by Gasteiger charge is 2.10. The van der Waals surface area contributed by atoms with E-state index in [0.29, 0.717) is 6.54 Å². The van der Waals surface area contributed by atoms with Crippen LogP contribution in [0.2, 0.25) is 0 Å². The molecule has 0 atom stereocenters. The molecule has 7 heteroatoms. The second-order valence-electron chi connectivity index (χ2n) is 6.29. The van der Waals surface area contributed by atoms with Crippen molar-refractivity contribution >= 4 is 44.1 Å². The van der Waals surface area contributed by atoms with Gasteiger partial charge < -0.3 is 16.0 Å². The Labute approximate surface area is 161 Å². The van der Waals surface area contributed by atoms with Crippen LogP contribution in [0.15, 0.2) is 54.7 Å². The lowest BCUT2D eigenvalue weighted by Crippen LogP contribution is -2.10. The molecule has 0 aliphatic heterocycles. The maximum absolute atomic E-state index is 5.69. The Hall–Kier alpha value is -3.03. The molecule has 3 N–H and O–H groups in total. The SMILES string of the molecule is Cc1ccc(N(C)c2ccc3nc(Nc4cc(CN)ccn4)sc3n2)cc1. The molecule has 4 aromatic rings. The standard InChI is InChI=1S/C20H20N6S/c1-13-3-5-15(6-4-13)26(2)18-8-7-16-19(25-18)27-20(23-16)24-17-11-14(12-21)9-10-22-17/h3-11H,12,21H2,1-2H3,(H,22,23,24). The van der Waals surface area contributed by atoms with Crippen LogP contribution in [0.3, 0.4) is 0 Å². The Morgan fingerprint density at radius 1 is 1.07 bits per heavy atom. The minimum Gasteiger partial charge on any atom is -0.329 e. The van der Waals surface area contributed by atoms with Crippen LogP contribution in [0.1, 0.15) is 11.1 Å². The normalized spacial score (nSPS) is 10.9. The molecule has 0 amide bonds. The van der Waals surface area contributed by atoms with Gasteiger partial charge in [0.15, 0.2) is 5.13 Å². The van der Waals surface area contributed by atoms with E-state index in [1.165, 1.54) is 16.9 Å². The first-order valence-electron chi connectivity index (χ1n) is 8.62. The van der Waals surface area contributed by atoms with Gasteiger partial charge in [-0.25, -0.2) is 15.0 Å². The zero-order valence-corrected chi connectivity index (χ0v) is 16.0. The molecular formula is C20H20N6S. The smallest absolute Gasteiger partial charge is 0.190 e. The van der Waals surface area contributed by atoms with Gasteiger partial charge in [-0.2, -0.15) is 0 Å². The van der Waals surface area contributed by atoms with Crippen molar-refractivity contribution in [1.82, 2.24) is 15.0 Å². The van der Waals surface area contributed by atoms with E-state index in [0.717, 1.165) is 38.4 Å². The van der Waals surface area contributed by atoms with Gasteiger partial charge >= 0.3 is 0 Å². The fraction of sp³-hybridized carbons (Fsp3) is 0.150. The van der Waals surface area contributed by atoms with Gasteiger partial charge in [0, 0.05) is 25.5 Å². The Kier molecular flexibility index (Phi) is 4.70. The molecule has 0 aliphatic rings. The van der Waals surface area contributed by atoms with Crippen molar-refractivity contribution < 1.29 is 0 Å². The summed E-state index contributed by atoms with van der Waals surface area (Å²) in [6, 6.07) is 16.2. The van der Waals surface area contributed by atoms with E-state index in [1.54, 1.807) is 6.20 Å². The number of hydrogen-bond acceptors (Lipinski definition) is 7. The Bertz CT molecular complexity index is 1070. The lowest BCUT2D eigenvalue weighted by Gasteiger charge is -2.18. The van der Waals surface area contributed by atoms with Crippen LogP contribution in [-0.2, 0) is 6.54 Å². The predicted molar refractivity (Wildman–Crippen MR) is 112 cm³/mol. The number of fused-ring (bicyclic) bond motifs is 1. The third kappa shape index (κ3) is 3.74. The topological polar surface area (TPSA) is 80.0 Å². The molecule has 3 heterocycles. The molecule has 0 bridgehead atoms. The quantitative estimate of drug-likeness (QED) is 0.538. The number of rotatable bonds is 5. The van der Waals surface area contributed by atoms with Gasteiger partial charge in [-0.15, -0.1) is 0 Å². The fourth-order valence-electron chi connectivity index (χ4n) is 2.73. The first kappa shape index (κ1) is 17.4. The van der Waals surface area contributed by atoms with E-state index in [1.807, 2.05) is 31.3 Å². The molecule has 0 radical (unpaired) electrons. The van der Waals surface area contributed by atoms with Crippen LogP contribution in [0, 0.1) is 6.92 Å². The molecule has 0 aliphatic carbocycles. The molecule has 1 aromatic carbocycles. The molecule has 136 valence electrons. The van der Waals surface area contributed by atoms with Crippen molar-refractivity contribution in [3.8, 4) is 0 Å². The summed E-state index contributed by atoms with van der Waals surface area (Å²) >= 11 is 1.50. The maximum Gasteiger partial charge on any atom is 0.190 e. The molecule has 3 aromatic heterocycles. The first-order chi connectivity index (χ1) is 13.1. The highest BCUT2D eigenvalue weighted by molar-refractivity contribution is 7.21. The molecule has 6 nitrogen and oxygen atoms in total. The van der Waals surface area contributed by atoms with E-state index in [2.05, 4.69) is 51.4 Å². The van der Waals surface area contributed by atoms with Gasteiger partial charge in [0.05, 0.1) is 0 Å². The monoisotopic (exact) mass is 376 g/mol. The number of anilines is 4. The van der Waals surface area contributed by atoms with E-state index in [-0.39, 0.29) is 0 Å². The maximum atomic E-state index is 5.69. The van der Waals surface area contributed by atoms with E-state index in [9.17, 15) is 0 Å². The Morgan fingerprint density at radius 2 is 1.89 bits per heavy atom. The van der Waals surface area contributed by atoms with E-state index < -0.39 is 0 Å². The molecule has 27 heavy (non-hydrogen) atoms. The second-order valence-corrected chi connectivity index (χ2v) is 7.26. The molecule has 0 fully saturated rings. The van der Waals surface area contributed by atoms with Crippen LogP contribution < -0.4 is 16.0 Å². The van der Waals surface area contributed by atoms with Crippen molar-refractivity contribution in [1.29, 1.82) is 0 Å². The molecule has 4 rings (SSSR count). The molecular weight excluding hydrogens is 356 g/mol. The van der Waals surface area contributed by atoms with Crippen molar-refractivity contribution in [2.24, 2.45) is 5.73 Å². The van der Waals surface area contributed by atoms with E-state index in [4.69, 9.17) is 10.7 Å². The third-order valence-electron chi connectivity index (χ3n) is 4.30. The van der Waals surface area contributed by atoms with Gasteiger partial charge in [0.2, 0.25) is 0 Å². The second kappa shape index (κ2) is 7.30. The Morgan fingerprint density at radius 3 is 2.67 bits per heavy atom. The number of aromatic nitrogens is 3. The van der Waals surface area contributed by atoms with Crippen molar-refractivity contribution in [2.75, 3.05) is 17.3 Å². The van der Waals surface area contributed by atoms with Crippen LogP contribution in [-0.4, -0.2) is 22.0 Å². The van der Waals surface area contributed by atoms with Gasteiger partial charge in [-0.05, 0) is 48.9 Å². The average molecular weight is 376 g/mol.